The molecule has 0 aliphatic carbocycles. The predicted molar refractivity (Wildman–Crippen MR) is 69.4 cm³/mol. The van der Waals surface area contributed by atoms with Gasteiger partial charge in [-0.15, -0.1) is 0 Å². The summed E-state index contributed by atoms with van der Waals surface area (Å²) in [7, 11) is 1.58. The van der Waals surface area contributed by atoms with Crippen LogP contribution in [-0.4, -0.2) is 29.8 Å². The number of hydrogen-bond donors (Lipinski definition) is 2. The topological polar surface area (TPSA) is 89.4 Å². The molecule has 0 fully saturated rings. The molecule has 4 N–H and O–H groups in total. The minimum atomic E-state index is -0.953. The van der Waals surface area contributed by atoms with Crippen molar-refractivity contribution in [2.45, 2.75) is 25.4 Å². The molecule has 0 spiro atoms. The monoisotopic (exact) mass is 267 g/mol. The van der Waals surface area contributed by atoms with E-state index in [2.05, 4.69) is 0 Å². The molecule has 0 saturated carbocycles. The van der Waals surface area contributed by atoms with Gasteiger partial charge in [0.1, 0.15) is 5.82 Å². The van der Waals surface area contributed by atoms with Gasteiger partial charge in [0.05, 0.1) is 18.5 Å². The summed E-state index contributed by atoms with van der Waals surface area (Å²) in [6.45, 7) is 1.79. The second-order valence-corrected chi connectivity index (χ2v) is 4.45. The number of primary amides is 1. The van der Waals surface area contributed by atoms with Gasteiger partial charge in [-0.1, -0.05) is 12.1 Å². The van der Waals surface area contributed by atoms with Gasteiger partial charge >= 0.3 is 0 Å². The van der Waals surface area contributed by atoms with Gasteiger partial charge in [-0.05, 0) is 24.6 Å². The minimum Gasteiger partial charge on any atom is -0.370 e. The zero-order chi connectivity index (χ0) is 14.6. The molecule has 0 aliphatic heterocycles. The molecule has 19 heavy (non-hydrogen) atoms. The number of amides is 2. The number of hydrogen-bond acceptors (Lipinski definition) is 3. The second-order valence-electron chi connectivity index (χ2n) is 4.45. The van der Waals surface area contributed by atoms with Crippen LogP contribution in [0.2, 0.25) is 0 Å². The normalized spacial score (nSPS) is 13.7. The van der Waals surface area contributed by atoms with E-state index >= 15 is 0 Å². The lowest BCUT2D eigenvalue weighted by molar-refractivity contribution is -0.135. The van der Waals surface area contributed by atoms with Crippen LogP contribution in [0.3, 0.4) is 0 Å². The molecule has 6 heteroatoms. The van der Waals surface area contributed by atoms with E-state index in [0.29, 0.717) is 0 Å². The van der Waals surface area contributed by atoms with E-state index in [0.717, 1.165) is 5.56 Å². The van der Waals surface area contributed by atoms with Gasteiger partial charge in [-0.25, -0.2) is 4.39 Å². The van der Waals surface area contributed by atoms with Crippen LogP contribution < -0.4 is 11.5 Å². The summed E-state index contributed by atoms with van der Waals surface area (Å²) in [5.74, 6) is -1.34. The molecule has 1 rings (SSSR count). The summed E-state index contributed by atoms with van der Waals surface area (Å²) >= 11 is 0. The molecule has 104 valence electrons. The van der Waals surface area contributed by atoms with Gasteiger partial charge < -0.3 is 16.4 Å². The smallest absolute Gasteiger partial charge is 0.240 e. The number of nitrogens with zero attached hydrogens (tertiary/aromatic N) is 1. The van der Waals surface area contributed by atoms with Crippen molar-refractivity contribution in [1.29, 1.82) is 0 Å². The van der Waals surface area contributed by atoms with Crippen molar-refractivity contribution < 1.29 is 14.0 Å². The Morgan fingerprint density at radius 3 is 2.32 bits per heavy atom. The van der Waals surface area contributed by atoms with Crippen molar-refractivity contribution in [3.05, 3.63) is 35.6 Å². The van der Waals surface area contributed by atoms with E-state index in [1.807, 2.05) is 0 Å². The van der Waals surface area contributed by atoms with E-state index < -0.39 is 11.9 Å². The van der Waals surface area contributed by atoms with Crippen molar-refractivity contribution in [1.82, 2.24) is 4.90 Å². The standard InChI is InChI=1S/C13H18FN3O2/c1-8(9-3-5-10(14)6-4-9)17(2)13(19)11(15)7-12(16)18/h3-6,8,11H,7,15H2,1-2H3,(H2,16,18). The fourth-order valence-corrected chi connectivity index (χ4v) is 1.72. The van der Waals surface area contributed by atoms with Crippen molar-refractivity contribution in [2.24, 2.45) is 11.5 Å². The Kier molecular flexibility index (Phi) is 5.00. The molecule has 0 radical (unpaired) electrons. The molecule has 1 aromatic rings. The molecule has 2 unspecified atom stereocenters. The molecule has 5 nitrogen and oxygen atoms in total. The maximum Gasteiger partial charge on any atom is 0.240 e. The molecule has 0 heterocycles. The Hall–Kier alpha value is -1.95. The summed E-state index contributed by atoms with van der Waals surface area (Å²) in [4.78, 5) is 24.1. The highest BCUT2D eigenvalue weighted by atomic mass is 19.1. The molecular weight excluding hydrogens is 249 g/mol. The average molecular weight is 267 g/mol. The van der Waals surface area contributed by atoms with E-state index in [1.165, 1.54) is 17.0 Å². The number of carbonyl (C=O) groups excluding carboxylic acids is 2. The fraction of sp³-hybridized carbons (Fsp3) is 0.385. The Labute approximate surface area is 111 Å². The quantitative estimate of drug-likeness (QED) is 0.816. The summed E-state index contributed by atoms with van der Waals surface area (Å²) in [5, 5.41) is 0. The highest BCUT2D eigenvalue weighted by molar-refractivity contribution is 5.87. The van der Waals surface area contributed by atoms with Gasteiger partial charge in [0, 0.05) is 7.05 Å². The number of halogens is 1. The SMILES string of the molecule is CC(c1ccc(F)cc1)N(C)C(=O)C(N)CC(N)=O. The molecule has 2 atom stereocenters. The highest BCUT2D eigenvalue weighted by Gasteiger charge is 2.24. The number of benzene rings is 1. The summed E-state index contributed by atoms with van der Waals surface area (Å²) < 4.78 is 12.8. The van der Waals surface area contributed by atoms with Crippen LogP contribution in [0.5, 0.6) is 0 Å². The third kappa shape index (κ3) is 4.03. The molecule has 0 bridgehead atoms. The lowest BCUT2D eigenvalue weighted by Gasteiger charge is -2.27. The number of rotatable bonds is 5. The molecule has 0 saturated heterocycles. The predicted octanol–water partition coefficient (Wildman–Crippen LogP) is 0.548. The number of likely N-dealkylation sites (N-methyl/N-ethyl adjacent to an activating group) is 1. The summed E-state index contributed by atoms with van der Waals surface area (Å²) in [6.07, 6.45) is -0.195. The van der Waals surface area contributed by atoms with Crippen molar-refractivity contribution in [3.63, 3.8) is 0 Å². The molecule has 1 aromatic carbocycles. The van der Waals surface area contributed by atoms with Gasteiger partial charge in [0.15, 0.2) is 0 Å². The molecule has 2 amide bonds. The van der Waals surface area contributed by atoms with Crippen molar-refractivity contribution >= 4 is 11.8 Å². The van der Waals surface area contributed by atoms with Crippen LogP contribution in [0.4, 0.5) is 4.39 Å². The van der Waals surface area contributed by atoms with Crippen LogP contribution in [-0.2, 0) is 9.59 Å². The van der Waals surface area contributed by atoms with Crippen LogP contribution in [0.15, 0.2) is 24.3 Å². The molecule has 0 aromatic heterocycles. The third-order valence-corrected chi connectivity index (χ3v) is 3.02. The first-order valence-corrected chi connectivity index (χ1v) is 5.89. The van der Waals surface area contributed by atoms with E-state index in [4.69, 9.17) is 11.5 Å². The largest absolute Gasteiger partial charge is 0.370 e. The Bertz CT molecular complexity index is 461. The van der Waals surface area contributed by atoms with Crippen LogP contribution in [0.1, 0.15) is 24.9 Å². The van der Waals surface area contributed by atoms with Crippen molar-refractivity contribution in [2.75, 3.05) is 7.05 Å². The first kappa shape index (κ1) is 15.1. The third-order valence-electron chi connectivity index (χ3n) is 3.02. The summed E-state index contributed by atoms with van der Waals surface area (Å²) in [5.41, 5.74) is 11.4. The Morgan fingerprint density at radius 1 is 1.32 bits per heavy atom. The van der Waals surface area contributed by atoms with Crippen LogP contribution in [0.25, 0.3) is 0 Å². The van der Waals surface area contributed by atoms with E-state index in [-0.39, 0.29) is 24.2 Å². The molecular formula is C13H18FN3O2. The average Bonchev–Trinajstić information content (AvgIpc) is 2.36. The van der Waals surface area contributed by atoms with Gasteiger partial charge in [0.2, 0.25) is 11.8 Å². The maximum absolute atomic E-state index is 12.8. The van der Waals surface area contributed by atoms with Gasteiger partial charge in [0.25, 0.3) is 0 Å². The van der Waals surface area contributed by atoms with Crippen LogP contribution >= 0.6 is 0 Å². The maximum atomic E-state index is 12.8. The highest BCUT2D eigenvalue weighted by Crippen LogP contribution is 2.19. The Balaban J connectivity index is 2.76. The lowest BCUT2D eigenvalue weighted by Crippen LogP contribution is -2.44. The van der Waals surface area contributed by atoms with E-state index in [9.17, 15) is 14.0 Å². The lowest BCUT2D eigenvalue weighted by atomic mass is 10.1. The second kappa shape index (κ2) is 6.29. The number of nitrogens with two attached hydrogens (primary N) is 2. The minimum absolute atomic E-state index is 0.195. The number of carbonyl (C=O) groups is 2. The van der Waals surface area contributed by atoms with Gasteiger partial charge in [-0.3, -0.25) is 9.59 Å². The van der Waals surface area contributed by atoms with Gasteiger partial charge in [-0.2, -0.15) is 0 Å². The van der Waals surface area contributed by atoms with E-state index in [1.54, 1.807) is 26.1 Å². The Morgan fingerprint density at radius 2 is 1.84 bits per heavy atom. The van der Waals surface area contributed by atoms with Crippen molar-refractivity contribution in [3.8, 4) is 0 Å². The summed E-state index contributed by atoms with van der Waals surface area (Å²) in [6, 6.07) is 4.63. The zero-order valence-corrected chi connectivity index (χ0v) is 11.0. The zero-order valence-electron chi connectivity index (χ0n) is 11.0. The first-order valence-electron chi connectivity index (χ1n) is 5.89. The molecule has 0 aliphatic rings. The van der Waals surface area contributed by atoms with Crippen LogP contribution in [0, 0.1) is 5.82 Å². The fourth-order valence-electron chi connectivity index (χ4n) is 1.72. The first-order chi connectivity index (χ1) is 8.82.